The molecule has 0 saturated heterocycles. The van der Waals surface area contributed by atoms with Crippen molar-refractivity contribution in [2.45, 2.75) is 0 Å². The summed E-state index contributed by atoms with van der Waals surface area (Å²) in [6, 6.07) is 13.5. The number of benzene rings is 2. The van der Waals surface area contributed by atoms with E-state index in [9.17, 15) is 9.90 Å². The Labute approximate surface area is 116 Å². The van der Waals surface area contributed by atoms with Crippen LogP contribution in [-0.4, -0.2) is 24.3 Å². The van der Waals surface area contributed by atoms with Crippen molar-refractivity contribution in [1.82, 2.24) is 0 Å². The Balaban J connectivity index is 1.80. The number of rotatable bonds is 5. The minimum atomic E-state index is -0.612. The first-order chi connectivity index (χ1) is 9.66. The number of carbonyl (C=O) groups is 1. The third-order valence-corrected chi connectivity index (χ3v) is 2.57. The summed E-state index contributed by atoms with van der Waals surface area (Å²) in [6.07, 6.45) is 0. The SMILES string of the molecule is Nc1ccc(C(=O)OCCOc2ccccc2)c(O)c1. The zero-order valence-electron chi connectivity index (χ0n) is 10.8. The number of ether oxygens (including phenoxy) is 2. The number of para-hydroxylation sites is 1. The monoisotopic (exact) mass is 273 g/mol. The molecule has 2 rings (SSSR count). The first-order valence-corrected chi connectivity index (χ1v) is 6.10. The fourth-order valence-corrected chi connectivity index (χ4v) is 1.61. The molecule has 0 saturated carbocycles. The van der Waals surface area contributed by atoms with Gasteiger partial charge in [-0.15, -0.1) is 0 Å². The Hall–Kier alpha value is -2.69. The van der Waals surface area contributed by atoms with Crippen LogP contribution in [0.5, 0.6) is 11.5 Å². The molecule has 2 aromatic rings. The summed E-state index contributed by atoms with van der Waals surface area (Å²) in [7, 11) is 0. The summed E-state index contributed by atoms with van der Waals surface area (Å²) >= 11 is 0. The van der Waals surface area contributed by atoms with Gasteiger partial charge in [-0.25, -0.2) is 4.79 Å². The van der Waals surface area contributed by atoms with Crippen molar-refractivity contribution in [2.24, 2.45) is 0 Å². The van der Waals surface area contributed by atoms with Gasteiger partial charge in [0.05, 0.1) is 0 Å². The smallest absolute Gasteiger partial charge is 0.342 e. The van der Waals surface area contributed by atoms with E-state index in [2.05, 4.69) is 0 Å². The Morgan fingerprint density at radius 1 is 1.10 bits per heavy atom. The molecule has 0 bridgehead atoms. The summed E-state index contributed by atoms with van der Waals surface area (Å²) in [5.41, 5.74) is 5.94. The molecule has 0 aliphatic rings. The maximum absolute atomic E-state index is 11.7. The normalized spacial score (nSPS) is 10.0. The summed E-state index contributed by atoms with van der Waals surface area (Å²) in [6.45, 7) is 0.336. The standard InChI is InChI=1S/C15H15NO4/c16-11-6-7-13(14(17)10-11)15(18)20-9-8-19-12-4-2-1-3-5-12/h1-7,10,17H,8-9,16H2. The maximum Gasteiger partial charge on any atom is 0.342 e. The second-order valence-corrected chi connectivity index (χ2v) is 4.07. The summed E-state index contributed by atoms with van der Waals surface area (Å²) in [5.74, 6) is -0.1000. The number of anilines is 1. The zero-order valence-corrected chi connectivity index (χ0v) is 10.8. The largest absolute Gasteiger partial charge is 0.507 e. The van der Waals surface area contributed by atoms with Gasteiger partial charge in [0.2, 0.25) is 0 Å². The molecule has 5 nitrogen and oxygen atoms in total. The maximum atomic E-state index is 11.7. The molecule has 0 aliphatic carbocycles. The van der Waals surface area contributed by atoms with E-state index < -0.39 is 5.97 Å². The van der Waals surface area contributed by atoms with Crippen LogP contribution in [0.2, 0.25) is 0 Å². The first kappa shape index (κ1) is 13.7. The van der Waals surface area contributed by atoms with Gasteiger partial charge in [-0.3, -0.25) is 0 Å². The molecule has 0 aromatic heterocycles. The molecule has 0 spiro atoms. The molecule has 0 atom stereocenters. The predicted octanol–water partition coefficient (Wildman–Crippen LogP) is 2.21. The molecule has 0 heterocycles. The van der Waals surface area contributed by atoms with Crippen LogP contribution in [0.25, 0.3) is 0 Å². The third kappa shape index (κ3) is 3.65. The first-order valence-electron chi connectivity index (χ1n) is 6.10. The lowest BCUT2D eigenvalue weighted by Crippen LogP contribution is -2.12. The van der Waals surface area contributed by atoms with Crippen LogP contribution in [0.4, 0.5) is 5.69 Å². The van der Waals surface area contributed by atoms with Crippen LogP contribution in [0.1, 0.15) is 10.4 Å². The van der Waals surface area contributed by atoms with Crippen molar-refractivity contribution in [3.05, 3.63) is 54.1 Å². The van der Waals surface area contributed by atoms with E-state index in [1.807, 2.05) is 30.3 Å². The van der Waals surface area contributed by atoms with E-state index in [1.54, 1.807) is 0 Å². The van der Waals surface area contributed by atoms with E-state index in [-0.39, 0.29) is 24.5 Å². The number of aromatic hydroxyl groups is 1. The van der Waals surface area contributed by atoms with E-state index in [0.717, 1.165) is 0 Å². The number of phenols is 1. The van der Waals surface area contributed by atoms with Crippen LogP contribution in [0, 0.1) is 0 Å². The number of hydrogen-bond acceptors (Lipinski definition) is 5. The Bertz CT molecular complexity index is 584. The van der Waals surface area contributed by atoms with Gasteiger partial charge >= 0.3 is 5.97 Å². The van der Waals surface area contributed by atoms with E-state index in [1.165, 1.54) is 18.2 Å². The molecule has 5 heteroatoms. The van der Waals surface area contributed by atoms with Gasteiger partial charge in [0, 0.05) is 11.8 Å². The highest BCUT2D eigenvalue weighted by Gasteiger charge is 2.12. The van der Waals surface area contributed by atoms with Crippen molar-refractivity contribution in [3.63, 3.8) is 0 Å². The van der Waals surface area contributed by atoms with Gasteiger partial charge in [0.25, 0.3) is 0 Å². The summed E-state index contributed by atoms with van der Waals surface area (Å²) in [4.78, 5) is 11.7. The van der Waals surface area contributed by atoms with Crippen molar-refractivity contribution in [2.75, 3.05) is 18.9 Å². The molecular formula is C15H15NO4. The number of esters is 1. The van der Waals surface area contributed by atoms with Crippen LogP contribution in [0.15, 0.2) is 48.5 Å². The minimum absolute atomic E-state index is 0.0823. The number of nitrogen functional groups attached to an aromatic ring is 1. The average Bonchev–Trinajstić information content (AvgIpc) is 2.44. The van der Waals surface area contributed by atoms with Crippen molar-refractivity contribution in [3.8, 4) is 11.5 Å². The zero-order chi connectivity index (χ0) is 14.4. The van der Waals surface area contributed by atoms with Gasteiger partial charge in [-0.1, -0.05) is 18.2 Å². The summed E-state index contributed by atoms with van der Waals surface area (Å²) in [5, 5.41) is 9.58. The Kier molecular flexibility index (Phi) is 4.44. The minimum Gasteiger partial charge on any atom is -0.507 e. The molecule has 3 N–H and O–H groups in total. The Morgan fingerprint density at radius 3 is 2.55 bits per heavy atom. The molecule has 0 fully saturated rings. The fraction of sp³-hybridized carbons (Fsp3) is 0.133. The van der Waals surface area contributed by atoms with Crippen LogP contribution >= 0.6 is 0 Å². The van der Waals surface area contributed by atoms with Crippen LogP contribution < -0.4 is 10.5 Å². The molecule has 2 aromatic carbocycles. The molecular weight excluding hydrogens is 258 g/mol. The highest BCUT2D eigenvalue weighted by molar-refractivity contribution is 5.92. The van der Waals surface area contributed by atoms with Gasteiger partial charge in [-0.2, -0.15) is 0 Å². The highest BCUT2D eigenvalue weighted by Crippen LogP contribution is 2.20. The molecule has 104 valence electrons. The van der Waals surface area contributed by atoms with Gasteiger partial charge < -0.3 is 20.3 Å². The number of carbonyl (C=O) groups excluding carboxylic acids is 1. The quantitative estimate of drug-likeness (QED) is 0.496. The molecule has 20 heavy (non-hydrogen) atoms. The number of phenolic OH excluding ortho intramolecular Hbond substituents is 1. The van der Waals surface area contributed by atoms with Crippen LogP contribution in [-0.2, 0) is 4.74 Å². The highest BCUT2D eigenvalue weighted by atomic mass is 16.6. The van der Waals surface area contributed by atoms with Gasteiger partial charge in [0.1, 0.15) is 30.3 Å². The van der Waals surface area contributed by atoms with Crippen molar-refractivity contribution >= 4 is 11.7 Å². The average molecular weight is 273 g/mol. The van der Waals surface area contributed by atoms with Crippen molar-refractivity contribution in [1.29, 1.82) is 0 Å². The van der Waals surface area contributed by atoms with E-state index in [4.69, 9.17) is 15.2 Å². The summed E-state index contributed by atoms with van der Waals surface area (Å²) < 4.78 is 10.4. The fourth-order valence-electron chi connectivity index (χ4n) is 1.61. The molecule has 0 radical (unpaired) electrons. The topological polar surface area (TPSA) is 81.8 Å². The lowest BCUT2D eigenvalue weighted by molar-refractivity contribution is 0.0447. The van der Waals surface area contributed by atoms with Crippen molar-refractivity contribution < 1.29 is 19.4 Å². The van der Waals surface area contributed by atoms with E-state index >= 15 is 0 Å². The van der Waals surface area contributed by atoms with Gasteiger partial charge in [0.15, 0.2) is 0 Å². The molecule has 0 amide bonds. The lowest BCUT2D eigenvalue weighted by Gasteiger charge is -2.08. The third-order valence-electron chi connectivity index (χ3n) is 2.57. The predicted molar refractivity (Wildman–Crippen MR) is 74.7 cm³/mol. The molecule has 0 aliphatic heterocycles. The lowest BCUT2D eigenvalue weighted by atomic mass is 10.2. The van der Waals surface area contributed by atoms with Gasteiger partial charge in [-0.05, 0) is 24.3 Å². The second-order valence-electron chi connectivity index (χ2n) is 4.07. The van der Waals surface area contributed by atoms with Crippen LogP contribution in [0.3, 0.4) is 0 Å². The van der Waals surface area contributed by atoms with E-state index in [0.29, 0.717) is 11.4 Å². The number of hydrogen-bond donors (Lipinski definition) is 2. The Morgan fingerprint density at radius 2 is 1.85 bits per heavy atom. The second kappa shape index (κ2) is 6.47. The number of nitrogens with two attached hydrogens (primary N) is 1. The molecule has 0 unspecified atom stereocenters.